The fourth-order valence-electron chi connectivity index (χ4n) is 2.22. The number of hydrogen-bond donors (Lipinski definition) is 1. The molecule has 1 aromatic carbocycles. The number of halogens is 1. The molecule has 0 aliphatic rings. The first-order valence-electron chi connectivity index (χ1n) is 6.80. The van der Waals surface area contributed by atoms with Gasteiger partial charge in [0.25, 0.3) is 5.91 Å². The van der Waals surface area contributed by atoms with E-state index < -0.39 is 0 Å². The Kier molecular flexibility index (Phi) is 4.10. The average Bonchev–Trinajstić information content (AvgIpc) is 2.69. The van der Waals surface area contributed by atoms with Gasteiger partial charge in [0.2, 0.25) is 0 Å². The van der Waals surface area contributed by atoms with Crippen molar-refractivity contribution in [3.05, 3.63) is 46.2 Å². The monoisotopic (exact) mass is 305 g/mol. The number of carbonyl (C=O) groups excluding carboxylic acids is 1. The number of aromatic nitrogens is 2. The summed E-state index contributed by atoms with van der Waals surface area (Å²) in [7, 11) is 1.79. The number of carbonyl (C=O) groups is 1. The van der Waals surface area contributed by atoms with Crippen LogP contribution in [0, 0.1) is 6.92 Å². The van der Waals surface area contributed by atoms with Crippen molar-refractivity contribution in [3.8, 4) is 0 Å². The number of nitrogens with one attached hydrogen (secondary N) is 1. The van der Waals surface area contributed by atoms with Crippen molar-refractivity contribution in [2.45, 2.75) is 33.1 Å². The minimum absolute atomic E-state index is 0.0813. The molecular formula is C16H20ClN3O. The molecule has 0 unspecified atom stereocenters. The molecule has 2 aromatic rings. The minimum atomic E-state index is -0.200. The first kappa shape index (κ1) is 15.6. The molecule has 0 atom stereocenters. The molecule has 0 fully saturated rings. The van der Waals surface area contributed by atoms with E-state index in [4.69, 9.17) is 11.6 Å². The van der Waals surface area contributed by atoms with Gasteiger partial charge in [-0.05, 0) is 24.0 Å². The summed E-state index contributed by atoms with van der Waals surface area (Å²) >= 11 is 6.43. The number of rotatable bonds is 2. The van der Waals surface area contributed by atoms with Gasteiger partial charge in [-0.25, -0.2) is 0 Å². The van der Waals surface area contributed by atoms with Gasteiger partial charge in [0, 0.05) is 13.2 Å². The predicted octanol–water partition coefficient (Wildman–Crippen LogP) is 3.93. The van der Waals surface area contributed by atoms with Crippen molar-refractivity contribution in [1.82, 2.24) is 9.78 Å². The van der Waals surface area contributed by atoms with Crippen molar-refractivity contribution in [3.63, 3.8) is 0 Å². The number of aryl methyl sites for hydroxylation is 2. The molecule has 0 saturated carbocycles. The fraction of sp³-hybridized carbons (Fsp3) is 0.375. The molecule has 5 heteroatoms. The van der Waals surface area contributed by atoms with Crippen LogP contribution in [0.3, 0.4) is 0 Å². The molecule has 1 amide bonds. The SMILES string of the molecule is Cc1nn(C)cc1C(=O)Nc1cccc(C(C)(C)C)c1Cl. The molecule has 0 radical (unpaired) electrons. The van der Waals surface area contributed by atoms with Gasteiger partial charge in [0.05, 0.1) is 22.0 Å². The molecule has 0 saturated heterocycles. The number of nitrogens with zero attached hydrogens (tertiary/aromatic N) is 2. The van der Waals surface area contributed by atoms with Gasteiger partial charge < -0.3 is 5.32 Å². The normalized spacial score (nSPS) is 11.5. The summed E-state index contributed by atoms with van der Waals surface area (Å²) in [6.45, 7) is 8.07. The quantitative estimate of drug-likeness (QED) is 0.913. The van der Waals surface area contributed by atoms with Crippen molar-refractivity contribution < 1.29 is 4.79 Å². The average molecular weight is 306 g/mol. The number of amides is 1. The van der Waals surface area contributed by atoms with E-state index >= 15 is 0 Å². The molecule has 2 rings (SSSR count). The van der Waals surface area contributed by atoms with Crippen molar-refractivity contribution in [2.24, 2.45) is 7.05 Å². The van der Waals surface area contributed by atoms with Crippen LogP contribution in [0.15, 0.2) is 24.4 Å². The molecule has 1 aromatic heterocycles. The Labute approximate surface area is 130 Å². The van der Waals surface area contributed by atoms with Crippen molar-refractivity contribution >= 4 is 23.2 Å². The third-order valence-electron chi connectivity index (χ3n) is 3.31. The Morgan fingerprint density at radius 2 is 2.00 bits per heavy atom. The second kappa shape index (κ2) is 5.53. The van der Waals surface area contributed by atoms with E-state index in [9.17, 15) is 4.79 Å². The minimum Gasteiger partial charge on any atom is -0.321 e. The molecule has 0 bridgehead atoms. The largest absolute Gasteiger partial charge is 0.321 e. The Bertz CT molecular complexity index is 683. The first-order valence-corrected chi connectivity index (χ1v) is 7.18. The maximum Gasteiger partial charge on any atom is 0.259 e. The van der Waals surface area contributed by atoms with Crippen LogP contribution in [0.5, 0.6) is 0 Å². The molecule has 0 aliphatic carbocycles. The third kappa shape index (κ3) is 3.27. The van der Waals surface area contributed by atoms with E-state index in [0.717, 1.165) is 5.56 Å². The lowest BCUT2D eigenvalue weighted by atomic mass is 9.87. The topological polar surface area (TPSA) is 46.9 Å². The lowest BCUT2D eigenvalue weighted by Gasteiger charge is -2.22. The summed E-state index contributed by atoms with van der Waals surface area (Å²) in [6.07, 6.45) is 1.70. The molecular weight excluding hydrogens is 286 g/mol. The van der Waals surface area contributed by atoms with Crippen LogP contribution in [0.2, 0.25) is 5.02 Å². The predicted molar refractivity (Wildman–Crippen MR) is 86.1 cm³/mol. The summed E-state index contributed by atoms with van der Waals surface area (Å²) in [5.41, 5.74) is 2.79. The molecule has 1 N–H and O–H groups in total. The van der Waals surface area contributed by atoms with Gasteiger partial charge in [0.1, 0.15) is 0 Å². The summed E-state index contributed by atoms with van der Waals surface area (Å²) < 4.78 is 1.62. The maximum absolute atomic E-state index is 12.3. The van der Waals surface area contributed by atoms with E-state index in [0.29, 0.717) is 22.0 Å². The van der Waals surface area contributed by atoms with Gasteiger partial charge in [-0.15, -0.1) is 0 Å². The van der Waals surface area contributed by atoms with Gasteiger partial charge >= 0.3 is 0 Å². The van der Waals surface area contributed by atoms with Gasteiger partial charge in [0.15, 0.2) is 0 Å². The standard InChI is InChI=1S/C16H20ClN3O/c1-10-11(9-20(5)19-10)15(21)18-13-8-6-7-12(14(13)17)16(2,3)4/h6-9H,1-5H3,(H,18,21). The summed E-state index contributed by atoms with van der Waals surface area (Å²) in [5.74, 6) is -0.200. The molecule has 21 heavy (non-hydrogen) atoms. The lowest BCUT2D eigenvalue weighted by Crippen LogP contribution is -2.16. The Morgan fingerprint density at radius 3 is 2.52 bits per heavy atom. The van der Waals surface area contributed by atoms with E-state index in [2.05, 4.69) is 31.2 Å². The second-order valence-corrected chi connectivity index (χ2v) is 6.55. The zero-order chi connectivity index (χ0) is 15.8. The summed E-state index contributed by atoms with van der Waals surface area (Å²) in [5, 5.41) is 7.63. The van der Waals surface area contributed by atoms with Crippen LogP contribution in [0.25, 0.3) is 0 Å². The van der Waals surface area contributed by atoms with Crippen LogP contribution in [-0.4, -0.2) is 15.7 Å². The number of hydrogen-bond acceptors (Lipinski definition) is 2. The van der Waals surface area contributed by atoms with Crippen LogP contribution >= 0.6 is 11.6 Å². The molecule has 0 aliphatic heterocycles. The Morgan fingerprint density at radius 1 is 1.33 bits per heavy atom. The van der Waals surface area contributed by atoms with Crippen LogP contribution < -0.4 is 5.32 Å². The highest BCUT2D eigenvalue weighted by Crippen LogP contribution is 2.34. The van der Waals surface area contributed by atoms with Crippen LogP contribution in [-0.2, 0) is 12.5 Å². The van der Waals surface area contributed by atoms with Crippen LogP contribution in [0.1, 0.15) is 42.4 Å². The van der Waals surface area contributed by atoms with Gasteiger partial charge in [-0.1, -0.05) is 44.5 Å². The maximum atomic E-state index is 12.3. The lowest BCUT2D eigenvalue weighted by molar-refractivity contribution is 0.102. The van der Waals surface area contributed by atoms with Gasteiger partial charge in [-0.3, -0.25) is 9.48 Å². The molecule has 0 spiro atoms. The van der Waals surface area contributed by atoms with Crippen LogP contribution in [0.4, 0.5) is 5.69 Å². The molecule has 4 nitrogen and oxygen atoms in total. The highest BCUT2D eigenvalue weighted by atomic mass is 35.5. The molecule has 1 heterocycles. The third-order valence-corrected chi connectivity index (χ3v) is 3.72. The fourth-order valence-corrected chi connectivity index (χ4v) is 2.68. The highest BCUT2D eigenvalue weighted by molar-refractivity contribution is 6.34. The zero-order valence-corrected chi connectivity index (χ0v) is 13.7. The van der Waals surface area contributed by atoms with E-state index in [1.54, 1.807) is 24.0 Å². The van der Waals surface area contributed by atoms with E-state index in [-0.39, 0.29) is 11.3 Å². The molecule has 112 valence electrons. The highest BCUT2D eigenvalue weighted by Gasteiger charge is 2.20. The number of anilines is 1. The smallest absolute Gasteiger partial charge is 0.259 e. The number of benzene rings is 1. The van der Waals surface area contributed by atoms with E-state index in [1.807, 2.05) is 19.1 Å². The summed E-state index contributed by atoms with van der Waals surface area (Å²) in [6, 6.07) is 5.69. The first-order chi connectivity index (χ1) is 9.70. The van der Waals surface area contributed by atoms with Crippen molar-refractivity contribution in [1.29, 1.82) is 0 Å². The second-order valence-electron chi connectivity index (χ2n) is 6.17. The van der Waals surface area contributed by atoms with Gasteiger partial charge in [-0.2, -0.15) is 5.10 Å². The Hall–Kier alpha value is -1.81. The van der Waals surface area contributed by atoms with Crippen molar-refractivity contribution in [2.75, 3.05) is 5.32 Å². The zero-order valence-electron chi connectivity index (χ0n) is 13.0. The van der Waals surface area contributed by atoms with E-state index in [1.165, 1.54) is 0 Å². The summed E-state index contributed by atoms with van der Waals surface area (Å²) in [4.78, 5) is 12.3. The Balaban J connectivity index is 2.32.